The van der Waals surface area contributed by atoms with Crippen molar-refractivity contribution in [3.63, 3.8) is 0 Å². The van der Waals surface area contributed by atoms with Crippen LogP contribution in [0.4, 0.5) is 0 Å². The van der Waals surface area contributed by atoms with E-state index in [0.29, 0.717) is 17.0 Å². The maximum absolute atomic E-state index is 11.9. The molecule has 0 aliphatic carbocycles. The van der Waals surface area contributed by atoms with Gasteiger partial charge >= 0.3 is 0 Å². The highest BCUT2D eigenvalue weighted by molar-refractivity contribution is 7.86. The first-order chi connectivity index (χ1) is 8.45. The molecule has 0 spiro atoms. The summed E-state index contributed by atoms with van der Waals surface area (Å²) in [6.45, 7) is 5.89. The van der Waals surface area contributed by atoms with E-state index in [9.17, 15) is 9.00 Å². The van der Waals surface area contributed by atoms with Gasteiger partial charge in [-0.15, -0.1) is 0 Å². The van der Waals surface area contributed by atoms with Crippen LogP contribution in [0.3, 0.4) is 0 Å². The number of nitriles is 1. The van der Waals surface area contributed by atoms with Gasteiger partial charge in [0.15, 0.2) is 5.78 Å². The Morgan fingerprint density at radius 2 is 1.83 bits per heavy atom. The van der Waals surface area contributed by atoms with Crippen LogP contribution in [0.25, 0.3) is 0 Å². The minimum absolute atomic E-state index is 0.00679. The fourth-order valence-electron chi connectivity index (χ4n) is 1.38. The molecule has 0 saturated heterocycles. The summed E-state index contributed by atoms with van der Waals surface area (Å²) in [5.41, 5.74) is 1.03. The van der Waals surface area contributed by atoms with Crippen LogP contribution in [0.15, 0.2) is 24.3 Å². The zero-order valence-corrected chi connectivity index (χ0v) is 11.7. The van der Waals surface area contributed by atoms with Crippen LogP contribution in [0.2, 0.25) is 0 Å². The van der Waals surface area contributed by atoms with Gasteiger partial charge in [0.2, 0.25) is 0 Å². The van der Waals surface area contributed by atoms with Crippen molar-refractivity contribution in [3.05, 3.63) is 35.4 Å². The van der Waals surface area contributed by atoms with Crippen LogP contribution in [0.5, 0.6) is 0 Å². The third-order valence-electron chi connectivity index (χ3n) is 2.96. The molecule has 0 bridgehead atoms. The van der Waals surface area contributed by atoms with E-state index in [1.54, 1.807) is 24.3 Å². The summed E-state index contributed by atoms with van der Waals surface area (Å²) < 4.78 is 11.9. The van der Waals surface area contributed by atoms with Gasteiger partial charge in [0.25, 0.3) is 0 Å². The third-order valence-corrected chi connectivity index (χ3v) is 4.88. The van der Waals surface area contributed by atoms with E-state index in [1.165, 1.54) is 0 Å². The largest absolute Gasteiger partial charge is 0.293 e. The highest BCUT2D eigenvalue weighted by atomic mass is 32.2. The molecule has 0 amide bonds. The maximum atomic E-state index is 11.9. The van der Waals surface area contributed by atoms with E-state index < -0.39 is 10.8 Å². The fourth-order valence-corrected chi connectivity index (χ4v) is 2.67. The van der Waals surface area contributed by atoms with Gasteiger partial charge in [0.05, 0.1) is 17.4 Å². The number of hydrogen-bond donors (Lipinski definition) is 0. The summed E-state index contributed by atoms with van der Waals surface area (Å²) in [5, 5.41) is 8.67. The first-order valence-electron chi connectivity index (χ1n) is 5.86. The summed E-state index contributed by atoms with van der Waals surface area (Å²) in [7, 11) is -1.15. The van der Waals surface area contributed by atoms with Crippen molar-refractivity contribution in [2.75, 3.05) is 5.75 Å². The smallest absolute Gasteiger partial charge is 0.175 e. The predicted molar refractivity (Wildman–Crippen MR) is 72.8 cm³/mol. The molecule has 18 heavy (non-hydrogen) atoms. The number of Topliss-reactive ketones (excluding diaryl/α,β-unsaturated/α-hetero) is 1. The molecule has 1 aromatic carbocycles. The number of ketones is 1. The normalized spacial score (nSPS) is 13.9. The average molecular weight is 263 g/mol. The SMILES string of the molecule is CC(C)C(C)S(=O)CC(=O)c1ccc(C#N)cc1. The summed E-state index contributed by atoms with van der Waals surface area (Å²) in [5.74, 6) is 0.204. The second-order valence-electron chi connectivity index (χ2n) is 4.59. The van der Waals surface area contributed by atoms with Crippen molar-refractivity contribution in [2.45, 2.75) is 26.0 Å². The number of benzene rings is 1. The monoisotopic (exact) mass is 263 g/mol. The Morgan fingerprint density at radius 1 is 1.28 bits per heavy atom. The number of hydrogen-bond acceptors (Lipinski definition) is 3. The summed E-state index contributed by atoms with van der Waals surface area (Å²) in [6, 6.07) is 8.41. The molecule has 2 unspecified atom stereocenters. The van der Waals surface area contributed by atoms with Gasteiger partial charge in [-0.2, -0.15) is 5.26 Å². The Kier molecular flexibility index (Phi) is 5.24. The zero-order valence-electron chi connectivity index (χ0n) is 10.8. The van der Waals surface area contributed by atoms with Gasteiger partial charge in [-0.3, -0.25) is 9.00 Å². The summed E-state index contributed by atoms with van der Waals surface area (Å²) >= 11 is 0. The number of rotatable bonds is 5. The lowest BCUT2D eigenvalue weighted by molar-refractivity contribution is 0.102. The maximum Gasteiger partial charge on any atom is 0.175 e. The van der Waals surface area contributed by atoms with Gasteiger partial charge in [0, 0.05) is 21.6 Å². The molecule has 0 aliphatic heterocycles. The van der Waals surface area contributed by atoms with E-state index in [0.717, 1.165) is 0 Å². The van der Waals surface area contributed by atoms with E-state index in [-0.39, 0.29) is 16.8 Å². The van der Waals surface area contributed by atoms with Crippen molar-refractivity contribution in [3.8, 4) is 6.07 Å². The highest BCUT2D eigenvalue weighted by Crippen LogP contribution is 2.11. The third kappa shape index (κ3) is 3.78. The fraction of sp³-hybridized carbons (Fsp3) is 0.429. The molecule has 0 aromatic heterocycles. The van der Waals surface area contributed by atoms with Crippen LogP contribution >= 0.6 is 0 Å². The predicted octanol–water partition coefficient (Wildman–Crippen LogP) is 2.53. The number of carbonyl (C=O) groups excluding carboxylic acids is 1. The molecule has 0 fully saturated rings. The van der Waals surface area contributed by atoms with E-state index in [4.69, 9.17) is 5.26 Å². The lowest BCUT2D eigenvalue weighted by Crippen LogP contribution is -2.24. The molecule has 0 N–H and O–H groups in total. The van der Waals surface area contributed by atoms with Crippen molar-refractivity contribution in [1.29, 1.82) is 5.26 Å². The highest BCUT2D eigenvalue weighted by Gasteiger charge is 2.18. The minimum Gasteiger partial charge on any atom is -0.293 e. The first-order valence-corrected chi connectivity index (χ1v) is 7.24. The van der Waals surface area contributed by atoms with Gasteiger partial charge in [0.1, 0.15) is 0 Å². The van der Waals surface area contributed by atoms with Crippen molar-refractivity contribution >= 4 is 16.6 Å². The van der Waals surface area contributed by atoms with Crippen molar-refractivity contribution < 1.29 is 9.00 Å². The topological polar surface area (TPSA) is 57.9 Å². The molecule has 4 heteroatoms. The van der Waals surface area contributed by atoms with E-state index >= 15 is 0 Å². The van der Waals surface area contributed by atoms with Crippen molar-refractivity contribution in [1.82, 2.24) is 0 Å². The summed E-state index contributed by atoms with van der Waals surface area (Å²) in [6.07, 6.45) is 0. The van der Waals surface area contributed by atoms with Gasteiger partial charge < -0.3 is 0 Å². The molecule has 0 heterocycles. The number of nitrogens with zero attached hydrogens (tertiary/aromatic N) is 1. The van der Waals surface area contributed by atoms with Gasteiger partial charge in [-0.1, -0.05) is 32.9 Å². The van der Waals surface area contributed by atoms with E-state index in [1.807, 2.05) is 26.8 Å². The van der Waals surface area contributed by atoms with Crippen LogP contribution in [-0.2, 0) is 10.8 Å². The molecule has 0 aliphatic rings. The standard InChI is InChI=1S/C14H17NO2S/c1-10(2)11(3)18(17)9-14(16)13-6-4-12(8-15)5-7-13/h4-7,10-11H,9H2,1-3H3. The minimum atomic E-state index is -1.15. The Balaban J connectivity index is 2.71. The second kappa shape index (κ2) is 6.46. The Morgan fingerprint density at radius 3 is 2.28 bits per heavy atom. The molecule has 2 atom stereocenters. The van der Waals surface area contributed by atoms with Crippen molar-refractivity contribution in [2.24, 2.45) is 5.92 Å². The Hall–Kier alpha value is -1.47. The van der Waals surface area contributed by atoms with Crippen LogP contribution in [0, 0.1) is 17.2 Å². The molecule has 1 aromatic rings. The molecular weight excluding hydrogens is 246 g/mol. The first kappa shape index (κ1) is 14.6. The quantitative estimate of drug-likeness (QED) is 0.767. The lowest BCUT2D eigenvalue weighted by atomic mass is 10.1. The van der Waals surface area contributed by atoms with Crippen LogP contribution < -0.4 is 0 Å². The molecule has 0 saturated carbocycles. The van der Waals surface area contributed by atoms with Gasteiger partial charge in [-0.25, -0.2) is 0 Å². The molecular formula is C14H17NO2S. The molecule has 0 radical (unpaired) electrons. The Bertz CT molecular complexity index is 486. The zero-order chi connectivity index (χ0) is 13.7. The molecule has 3 nitrogen and oxygen atoms in total. The van der Waals surface area contributed by atoms with Gasteiger partial charge in [-0.05, 0) is 18.1 Å². The molecule has 1 rings (SSSR count). The van der Waals surface area contributed by atoms with Crippen LogP contribution in [-0.4, -0.2) is 21.0 Å². The Labute approximate surface area is 110 Å². The summed E-state index contributed by atoms with van der Waals surface area (Å²) in [4.78, 5) is 11.9. The average Bonchev–Trinajstić information content (AvgIpc) is 2.37. The molecule has 96 valence electrons. The second-order valence-corrected chi connectivity index (χ2v) is 6.38. The number of carbonyl (C=O) groups is 1. The lowest BCUT2D eigenvalue weighted by Gasteiger charge is -2.14. The van der Waals surface area contributed by atoms with Crippen LogP contribution in [0.1, 0.15) is 36.7 Å². The van der Waals surface area contributed by atoms with E-state index in [2.05, 4.69) is 0 Å².